The maximum absolute atomic E-state index is 11.9. The number of carbonyl (C=O) groups excluding carboxylic acids is 1. The number of benzene rings is 2. The third-order valence-electron chi connectivity index (χ3n) is 3.79. The topological polar surface area (TPSA) is 145 Å². The number of aliphatic carboxylic acids is 1. The molecule has 0 spiro atoms. The van der Waals surface area contributed by atoms with Gasteiger partial charge in [0, 0.05) is 5.56 Å². The Hall–Kier alpha value is -3.95. The SMILES string of the molecule is CC(C)(C)OC(=O)NC(CN/N=N\C(=N)c1cccc(Oc2ccccc2)c1)CC(=O)O. The van der Waals surface area contributed by atoms with E-state index in [1.807, 2.05) is 30.3 Å². The van der Waals surface area contributed by atoms with E-state index in [0.29, 0.717) is 17.1 Å². The van der Waals surface area contributed by atoms with Gasteiger partial charge >= 0.3 is 12.1 Å². The van der Waals surface area contributed by atoms with Gasteiger partial charge in [-0.3, -0.25) is 15.6 Å². The van der Waals surface area contributed by atoms with Crippen LogP contribution in [0.4, 0.5) is 4.79 Å². The Bertz CT molecular complexity index is 957. The van der Waals surface area contributed by atoms with Crippen LogP contribution in [0.2, 0.25) is 0 Å². The largest absolute Gasteiger partial charge is 0.481 e. The van der Waals surface area contributed by atoms with E-state index < -0.39 is 23.7 Å². The highest BCUT2D eigenvalue weighted by atomic mass is 16.6. The van der Waals surface area contributed by atoms with Gasteiger partial charge in [-0.1, -0.05) is 35.6 Å². The maximum atomic E-state index is 11.9. The number of rotatable bonds is 9. The van der Waals surface area contributed by atoms with Crippen LogP contribution in [0.15, 0.2) is 64.9 Å². The first kappa shape index (κ1) is 24.3. The molecule has 32 heavy (non-hydrogen) atoms. The van der Waals surface area contributed by atoms with E-state index in [9.17, 15) is 9.59 Å². The summed E-state index contributed by atoms with van der Waals surface area (Å²) in [6, 6.07) is 15.3. The Morgan fingerprint density at radius 2 is 1.78 bits per heavy atom. The third-order valence-corrected chi connectivity index (χ3v) is 3.79. The second kappa shape index (κ2) is 11.4. The van der Waals surface area contributed by atoms with Gasteiger partial charge < -0.3 is 19.9 Å². The number of nitrogens with one attached hydrogen (secondary N) is 3. The number of hydrogen-bond donors (Lipinski definition) is 4. The second-order valence-electron chi connectivity index (χ2n) is 7.79. The number of para-hydroxylation sites is 1. The molecule has 2 aromatic rings. The fraction of sp³-hybridized carbons (Fsp3) is 0.318. The fourth-order valence-electron chi connectivity index (χ4n) is 2.48. The van der Waals surface area contributed by atoms with Crippen LogP contribution < -0.4 is 15.5 Å². The average molecular weight is 441 g/mol. The van der Waals surface area contributed by atoms with E-state index in [1.165, 1.54) is 0 Å². The molecule has 0 fully saturated rings. The molecule has 0 aliphatic heterocycles. The molecule has 170 valence electrons. The van der Waals surface area contributed by atoms with Crippen LogP contribution in [0.5, 0.6) is 11.5 Å². The molecule has 0 heterocycles. The van der Waals surface area contributed by atoms with Gasteiger partial charge in [0.1, 0.15) is 17.1 Å². The highest BCUT2D eigenvalue weighted by Gasteiger charge is 2.21. The first-order chi connectivity index (χ1) is 15.1. The molecule has 2 rings (SSSR count). The van der Waals surface area contributed by atoms with Crippen molar-refractivity contribution in [2.75, 3.05) is 6.54 Å². The Labute approximate surface area is 186 Å². The smallest absolute Gasteiger partial charge is 0.407 e. The van der Waals surface area contributed by atoms with Crippen molar-refractivity contribution in [3.05, 3.63) is 60.2 Å². The first-order valence-corrected chi connectivity index (χ1v) is 9.89. The lowest BCUT2D eigenvalue weighted by Gasteiger charge is -2.22. The molecule has 1 atom stereocenters. The molecule has 0 saturated heterocycles. The molecule has 4 N–H and O–H groups in total. The van der Waals surface area contributed by atoms with Gasteiger partial charge in [0.05, 0.1) is 19.0 Å². The first-order valence-electron chi connectivity index (χ1n) is 9.89. The fourth-order valence-corrected chi connectivity index (χ4v) is 2.48. The highest BCUT2D eigenvalue weighted by molar-refractivity contribution is 5.97. The molecule has 0 aliphatic rings. The van der Waals surface area contributed by atoms with E-state index in [1.54, 1.807) is 45.0 Å². The number of hydrogen-bond acceptors (Lipinski definition) is 6. The van der Waals surface area contributed by atoms with Crippen LogP contribution in [0.3, 0.4) is 0 Å². The van der Waals surface area contributed by atoms with Gasteiger partial charge in [-0.15, -0.1) is 5.11 Å². The van der Waals surface area contributed by atoms with E-state index in [-0.39, 0.29) is 18.8 Å². The molecule has 0 aliphatic carbocycles. The predicted octanol–water partition coefficient (Wildman–Crippen LogP) is 4.13. The van der Waals surface area contributed by atoms with Crippen LogP contribution in [0.25, 0.3) is 0 Å². The van der Waals surface area contributed by atoms with Crippen molar-refractivity contribution in [3.8, 4) is 11.5 Å². The van der Waals surface area contributed by atoms with Crippen molar-refractivity contribution >= 4 is 17.9 Å². The Morgan fingerprint density at radius 3 is 2.44 bits per heavy atom. The predicted molar refractivity (Wildman–Crippen MR) is 118 cm³/mol. The average Bonchev–Trinajstić information content (AvgIpc) is 2.70. The zero-order chi connectivity index (χ0) is 23.6. The standard InChI is InChI=1S/C22H27N5O5/c1-22(2,3)32-21(30)25-16(13-19(28)29)14-24-27-26-20(23)15-8-7-11-18(12-15)31-17-9-5-4-6-10-17/h4-12,16H,13-14H2,1-3H3,(H,25,30)(H,28,29)(H2,23,24,26). The van der Waals surface area contributed by atoms with Gasteiger partial charge in [-0.05, 0) is 45.0 Å². The summed E-state index contributed by atoms with van der Waals surface area (Å²) in [7, 11) is 0. The van der Waals surface area contributed by atoms with Gasteiger partial charge in [0.15, 0.2) is 5.84 Å². The van der Waals surface area contributed by atoms with Crippen molar-refractivity contribution in [2.24, 2.45) is 10.3 Å². The van der Waals surface area contributed by atoms with Crippen molar-refractivity contribution in [1.29, 1.82) is 5.41 Å². The molecular weight excluding hydrogens is 414 g/mol. The normalized spacial score (nSPS) is 12.1. The molecule has 0 bridgehead atoms. The number of carboxylic acids is 1. The Kier molecular flexibility index (Phi) is 8.70. The number of carboxylic acid groups (broad SMARTS) is 1. The number of nitrogens with zero attached hydrogens (tertiary/aromatic N) is 2. The molecule has 10 heteroatoms. The molecule has 1 amide bonds. The van der Waals surface area contributed by atoms with Crippen LogP contribution in [-0.4, -0.2) is 41.2 Å². The molecule has 10 nitrogen and oxygen atoms in total. The summed E-state index contributed by atoms with van der Waals surface area (Å²) in [5, 5.41) is 27.1. The molecule has 0 saturated carbocycles. The number of amidine groups is 1. The monoisotopic (exact) mass is 441 g/mol. The van der Waals surface area contributed by atoms with Crippen LogP contribution in [-0.2, 0) is 9.53 Å². The summed E-state index contributed by atoms with van der Waals surface area (Å²) < 4.78 is 10.9. The second-order valence-corrected chi connectivity index (χ2v) is 7.79. The quantitative estimate of drug-likeness (QED) is 0.199. The molecule has 1 unspecified atom stereocenters. The Morgan fingerprint density at radius 1 is 1.09 bits per heavy atom. The lowest BCUT2D eigenvalue weighted by Crippen LogP contribution is -2.44. The minimum absolute atomic E-state index is 0.0144. The van der Waals surface area contributed by atoms with E-state index >= 15 is 0 Å². The number of ether oxygens (including phenoxy) is 2. The van der Waals surface area contributed by atoms with Crippen molar-refractivity contribution in [3.63, 3.8) is 0 Å². The van der Waals surface area contributed by atoms with Gasteiger partial charge in [-0.2, -0.15) is 0 Å². The minimum atomic E-state index is -1.09. The maximum Gasteiger partial charge on any atom is 0.407 e. The van der Waals surface area contributed by atoms with Crippen molar-refractivity contribution in [2.45, 2.75) is 38.8 Å². The zero-order valence-electron chi connectivity index (χ0n) is 18.2. The summed E-state index contributed by atoms with van der Waals surface area (Å²) in [4.78, 5) is 22.9. The van der Waals surface area contributed by atoms with Gasteiger partial charge in [0.25, 0.3) is 0 Å². The summed E-state index contributed by atoms with van der Waals surface area (Å²) >= 11 is 0. The van der Waals surface area contributed by atoms with Crippen LogP contribution in [0, 0.1) is 5.41 Å². The van der Waals surface area contributed by atoms with Crippen LogP contribution in [0.1, 0.15) is 32.8 Å². The molecular formula is C22H27N5O5. The summed E-state index contributed by atoms with van der Waals surface area (Å²) in [5.74, 6) is 0.00444. The number of carbonyl (C=O) groups is 2. The van der Waals surface area contributed by atoms with E-state index in [0.717, 1.165) is 0 Å². The molecule has 0 radical (unpaired) electrons. The van der Waals surface area contributed by atoms with E-state index in [2.05, 4.69) is 21.1 Å². The zero-order valence-corrected chi connectivity index (χ0v) is 18.2. The molecule has 0 aromatic heterocycles. The van der Waals surface area contributed by atoms with Gasteiger partial charge in [0.2, 0.25) is 0 Å². The minimum Gasteiger partial charge on any atom is -0.481 e. The van der Waals surface area contributed by atoms with Crippen LogP contribution >= 0.6 is 0 Å². The van der Waals surface area contributed by atoms with Crippen molar-refractivity contribution in [1.82, 2.24) is 10.7 Å². The lowest BCUT2D eigenvalue weighted by atomic mass is 10.2. The highest BCUT2D eigenvalue weighted by Crippen LogP contribution is 2.22. The lowest BCUT2D eigenvalue weighted by molar-refractivity contribution is -0.137. The number of amides is 1. The third kappa shape index (κ3) is 9.24. The summed E-state index contributed by atoms with van der Waals surface area (Å²) in [5.41, 5.74) is 2.34. The Balaban J connectivity index is 1.91. The summed E-state index contributed by atoms with van der Waals surface area (Å²) in [6.07, 6.45) is -1.07. The van der Waals surface area contributed by atoms with E-state index in [4.69, 9.17) is 20.0 Å². The summed E-state index contributed by atoms with van der Waals surface area (Å²) in [6.45, 7) is 5.10. The van der Waals surface area contributed by atoms with Gasteiger partial charge in [-0.25, -0.2) is 4.79 Å². The molecule has 2 aromatic carbocycles. The number of alkyl carbamates (subject to hydrolysis) is 1. The van der Waals surface area contributed by atoms with Crippen molar-refractivity contribution < 1.29 is 24.2 Å².